The zero-order chi connectivity index (χ0) is 19.5. The van der Waals surface area contributed by atoms with Crippen molar-refractivity contribution in [3.63, 3.8) is 0 Å². The van der Waals surface area contributed by atoms with Crippen LogP contribution in [0.1, 0.15) is 11.8 Å². The number of oxime groups is 1. The molecule has 1 saturated heterocycles. The number of hydrogen-bond donors (Lipinski definition) is 4. The Balaban J connectivity index is 2.16. The van der Waals surface area contributed by atoms with Crippen molar-refractivity contribution in [2.75, 3.05) is 13.1 Å². The predicted octanol–water partition coefficient (Wildman–Crippen LogP) is -1.73. The van der Waals surface area contributed by atoms with Gasteiger partial charge in [0.1, 0.15) is 6.04 Å². The lowest BCUT2D eigenvalue weighted by Gasteiger charge is -2.42. The predicted molar refractivity (Wildman–Crippen MR) is 93.6 cm³/mol. The van der Waals surface area contributed by atoms with Gasteiger partial charge < -0.3 is 21.6 Å². The van der Waals surface area contributed by atoms with E-state index in [1.54, 1.807) is 17.5 Å². The van der Waals surface area contributed by atoms with E-state index in [4.69, 9.17) is 20.9 Å². The first-order valence-electron chi connectivity index (χ1n) is 7.50. The van der Waals surface area contributed by atoms with Gasteiger partial charge in [-0.1, -0.05) is 11.2 Å². The fraction of sp³-hybridized carbons (Fsp3) is 0.462. The molecule has 1 fully saturated rings. The Morgan fingerprint density at radius 2 is 2.15 bits per heavy atom. The molecule has 1 aromatic rings. The molecule has 2 amide bonds. The number of nitrogens with two attached hydrogens (primary N) is 2. The van der Waals surface area contributed by atoms with Gasteiger partial charge in [-0.25, -0.2) is 4.31 Å². The average molecular weight is 405 g/mol. The quantitative estimate of drug-likeness (QED) is 0.171. The second-order valence-corrected chi connectivity index (χ2v) is 7.66. The molecular weight excluding hydrogens is 386 g/mol. The second-order valence-electron chi connectivity index (χ2n) is 5.42. The lowest BCUT2D eigenvalue weighted by atomic mass is 10.0. The van der Waals surface area contributed by atoms with Crippen LogP contribution in [0.15, 0.2) is 22.7 Å². The van der Waals surface area contributed by atoms with Crippen LogP contribution in [0, 0.1) is 0 Å². The summed E-state index contributed by atoms with van der Waals surface area (Å²) in [5.74, 6) is -1.68. The Bertz CT molecular complexity index is 790. The minimum atomic E-state index is -4.67. The number of thiophene rings is 1. The van der Waals surface area contributed by atoms with Gasteiger partial charge in [-0.15, -0.1) is 11.3 Å². The van der Waals surface area contributed by atoms with Gasteiger partial charge >= 0.3 is 10.3 Å². The lowest BCUT2D eigenvalue weighted by molar-refractivity contribution is -0.143. The SMILES string of the molecule is C[C@H]1[C@H](NC(=O)/C(=N/OC(CN)CN)c2cccs2)C(=O)N1S(=O)(=O)O. The van der Waals surface area contributed by atoms with Gasteiger partial charge in [0, 0.05) is 13.1 Å². The van der Waals surface area contributed by atoms with Gasteiger partial charge in [-0.2, -0.15) is 8.42 Å². The van der Waals surface area contributed by atoms with Crippen molar-refractivity contribution >= 4 is 39.2 Å². The molecule has 0 unspecified atom stereocenters. The molecule has 0 spiro atoms. The minimum Gasteiger partial charge on any atom is -0.389 e. The Morgan fingerprint density at radius 1 is 1.50 bits per heavy atom. The maximum Gasteiger partial charge on any atom is 0.362 e. The van der Waals surface area contributed by atoms with Crippen molar-refractivity contribution in [2.45, 2.75) is 25.1 Å². The number of β-lactam (4-membered cyclic amide) rings is 1. The molecule has 0 aliphatic carbocycles. The number of rotatable bonds is 8. The average Bonchev–Trinajstić information content (AvgIpc) is 3.09. The molecule has 2 heterocycles. The number of hydrogen-bond acceptors (Lipinski definition) is 9. The van der Waals surface area contributed by atoms with Gasteiger partial charge in [-0.05, 0) is 18.4 Å². The lowest BCUT2D eigenvalue weighted by Crippen LogP contribution is -2.71. The third-order valence-electron chi connectivity index (χ3n) is 3.66. The molecule has 6 N–H and O–H groups in total. The summed E-state index contributed by atoms with van der Waals surface area (Å²) in [4.78, 5) is 30.0. The van der Waals surface area contributed by atoms with E-state index in [0.29, 0.717) is 4.88 Å². The highest BCUT2D eigenvalue weighted by Crippen LogP contribution is 2.23. The van der Waals surface area contributed by atoms with Crippen molar-refractivity contribution in [1.82, 2.24) is 9.62 Å². The molecule has 1 aliphatic heterocycles. The standard InChI is InChI=1S/C13H19N5O6S2/c1-7-10(13(20)18(7)26(21,22)23)16-12(19)11(9-3-2-4-25-9)17-24-8(5-14)6-15/h2-4,7-8,10H,5-6,14-15H2,1H3,(H,16,19)(H,21,22,23)/b17-11+/t7-,10-/m0/s1. The van der Waals surface area contributed by atoms with Crippen LogP contribution in [-0.2, 0) is 24.7 Å². The van der Waals surface area contributed by atoms with Crippen molar-refractivity contribution in [1.29, 1.82) is 0 Å². The van der Waals surface area contributed by atoms with E-state index in [-0.39, 0.29) is 23.1 Å². The number of nitrogens with zero attached hydrogens (tertiary/aromatic N) is 2. The molecule has 1 aromatic heterocycles. The molecule has 26 heavy (non-hydrogen) atoms. The summed E-state index contributed by atoms with van der Waals surface area (Å²) >= 11 is 1.22. The van der Waals surface area contributed by atoms with E-state index in [0.717, 1.165) is 0 Å². The van der Waals surface area contributed by atoms with Gasteiger partial charge in [0.2, 0.25) is 0 Å². The van der Waals surface area contributed by atoms with Crippen LogP contribution < -0.4 is 16.8 Å². The Labute approximate surface area is 153 Å². The molecular formula is C13H19N5O6S2. The molecule has 0 radical (unpaired) electrons. The fourth-order valence-electron chi connectivity index (χ4n) is 2.23. The minimum absolute atomic E-state index is 0.0980. The molecule has 13 heteroatoms. The summed E-state index contributed by atoms with van der Waals surface area (Å²) in [6, 6.07) is 1.27. The maximum atomic E-state index is 12.5. The van der Waals surface area contributed by atoms with Gasteiger partial charge in [-0.3, -0.25) is 14.1 Å². The smallest absolute Gasteiger partial charge is 0.362 e. The highest BCUT2D eigenvalue weighted by Gasteiger charge is 2.51. The topological polar surface area (TPSA) is 177 Å². The van der Waals surface area contributed by atoms with Crippen LogP contribution in [0.3, 0.4) is 0 Å². The monoisotopic (exact) mass is 405 g/mol. The van der Waals surface area contributed by atoms with E-state index in [9.17, 15) is 18.0 Å². The van der Waals surface area contributed by atoms with Gasteiger partial charge in [0.15, 0.2) is 11.8 Å². The Morgan fingerprint density at radius 3 is 2.62 bits per heavy atom. The molecule has 0 aromatic carbocycles. The molecule has 2 atom stereocenters. The van der Waals surface area contributed by atoms with Crippen molar-refractivity contribution in [3.8, 4) is 0 Å². The molecule has 11 nitrogen and oxygen atoms in total. The Kier molecular flexibility index (Phi) is 6.30. The molecule has 144 valence electrons. The van der Waals surface area contributed by atoms with Crippen molar-refractivity contribution in [2.24, 2.45) is 16.6 Å². The molecule has 0 saturated carbocycles. The number of amides is 2. The zero-order valence-electron chi connectivity index (χ0n) is 13.7. The summed E-state index contributed by atoms with van der Waals surface area (Å²) in [5, 5.41) is 7.91. The van der Waals surface area contributed by atoms with Crippen LogP contribution in [0.4, 0.5) is 0 Å². The van der Waals surface area contributed by atoms with Crippen molar-refractivity contribution < 1.29 is 27.4 Å². The summed E-state index contributed by atoms with van der Waals surface area (Å²) in [5.41, 5.74) is 10.8. The van der Waals surface area contributed by atoms with E-state index in [2.05, 4.69) is 10.5 Å². The Hall–Kier alpha value is -2.06. The summed E-state index contributed by atoms with van der Waals surface area (Å²) in [6.07, 6.45) is -0.586. The number of carbonyl (C=O) groups is 2. The van der Waals surface area contributed by atoms with E-state index in [1.807, 2.05) is 0 Å². The van der Waals surface area contributed by atoms with Crippen LogP contribution in [-0.4, -0.2) is 66.1 Å². The largest absolute Gasteiger partial charge is 0.389 e. The van der Waals surface area contributed by atoms with E-state index in [1.165, 1.54) is 18.3 Å². The third-order valence-corrected chi connectivity index (χ3v) is 5.55. The van der Waals surface area contributed by atoms with Gasteiger partial charge in [0.25, 0.3) is 11.8 Å². The number of nitrogens with one attached hydrogen (secondary N) is 1. The van der Waals surface area contributed by atoms with Crippen LogP contribution >= 0.6 is 11.3 Å². The first kappa shape index (κ1) is 20.3. The first-order valence-corrected chi connectivity index (χ1v) is 9.77. The van der Waals surface area contributed by atoms with Gasteiger partial charge in [0.05, 0.1) is 10.9 Å². The van der Waals surface area contributed by atoms with E-state index < -0.39 is 40.3 Å². The second kappa shape index (κ2) is 8.09. The maximum absolute atomic E-state index is 12.5. The zero-order valence-corrected chi connectivity index (χ0v) is 15.4. The molecule has 1 aliphatic rings. The van der Waals surface area contributed by atoms with Crippen LogP contribution in [0.2, 0.25) is 0 Å². The normalized spacial score (nSPS) is 20.9. The van der Waals surface area contributed by atoms with Crippen molar-refractivity contribution in [3.05, 3.63) is 22.4 Å². The first-order chi connectivity index (χ1) is 12.2. The highest BCUT2D eigenvalue weighted by atomic mass is 32.2. The third kappa shape index (κ3) is 4.19. The van der Waals surface area contributed by atoms with Crippen LogP contribution in [0.5, 0.6) is 0 Å². The summed E-state index contributed by atoms with van der Waals surface area (Å²) in [6.45, 7) is 1.57. The number of carbonyl (C=O) groups excluding carboxylic acids is 2. The summed E-state index contributed by atoms with van der Waals surface area (Å²) < 4.78 is 31.5. The molecule has 2 rings (SSSR count). The fourth-order valence-corrected chi connectivity index (χ4v) is 3.82. The van der Waals surface area contributed by atoms with E-state index >= 15 is 0 Å². The summed E-state index contributed by atoms with van der Waals surface area (Å²) in [7, 11) is -4.67. The highest BCUT2D eigenvalue weighted by molar-refractivity contribution is 7.84. The molecule has 0 bridgehead atoms. The van der Waals surface area contributed by atoms with Crippen LogP contribution in [0.25, 0.3) is 0 Å².